The predicted octanol–water partition coefficient (Wildman–Crippen LogP) is 4.53. The van der Waals surface area contributed by atoms with Gasteiger partial charge in [-0.05, 0) is 43.2 Å². The molecule has 1 saturated carbocycles. The molecule has 3 aromatic rings. The summed E-state index contributed by atoms with van der Waals surface area (Å²) >= 11 is 0.769. The normalized spacial score (nSPS) is 14.3. The zero-order valence-electron chi connectivity index (χ0n) is 16.7. The van der Waals surface area contributed by atoms with Crippen LogP contribution in [0.3, 0.4) is 0 Å². The number of halogens is 1. The lowest BCUT2D eigenvalue weighted by Crippen LogP contribution is -2.22. The van der Waals surface area contributed by atoms with Crippen molar-refractivity contribution in [3.05, 3.63) is 60.2 Å². The number of nitrogens with zero attached hydrogens (tertiary/aromatic N) is 2. The Hall–Kier alpha value is -3.18. The summed E-state index contributed by atoms with van der Waals surface area (Å²) in [7, 11) is -3.86. The van der Waals surface area contributed by atoms with Crippen LogP contribution in [0.1, 0.15) is 36.0 Å². The summed E-state index contributed by atoms with van der Waals surface area (Å²) in [5.41, 5.74) is 0.295. The first-order valence-corrected chi connectivity index (χ1v) is 12.2. The molecule has 11 heteroatoms. The van der Waals surface area contributed by atoms with E-state index in [4.69, 9.17) is 0 Å². The van der Waals surface area contributed by atoms with Gasteiger partial charge < -0.3 is 5.32 Å². The minimum atomic E-state index is -3.86. The van der Waals surface area contributed by atoms with Crippen molar-refractivity contribution in [2.24, 2.45) is 5.92 Å². The Morgan fingerprint density at radius 1 is 1.06 bits per heavy atom. The Morgan fingerprint density at radius 2 is 1.84 bits per heavy atom. The first kappa shape index (κ1) is 22.0. The molecule has 166 valence electrons. The quantitative estimate of drug-likeness (QED) is 0.507. The topological polar surface area (TPSA) is 118 Å². The summed E-state index contributed by atoms with van der Waals surface area (Å²) in [5, 5.41) is 4.91. The third-order valence-corrected chi connectivity index (χ3v) is 8.15. The van der Waals surface area contributed by atoms with Crippen LogP contribution in [0.5, 0.6) is 0 Å². The molecule has 1 aliphatic rings. The SMILES string of the molecule is O=C(Nc1ncc(S(=O)(=O)c2ccccn2)s1)Nc1ccc(F)cc1C(=O)C1CCCC1. The Kier molecular flexibility index (Phi) is 6.28. The molecule has 0 spiro atoms. The van der Waals surface area contributed by atoms with E-state index in [1.165, 1.54) is 18.3 Å². The smallest absolute Gasteiger partial charge is 0.307 e. The highest BCUT2D eigenvalue weighted by molar-refractivity contribution is 7.93. The number of urea groups is 1. The van der Waals surface area contributed by atoms with Gasteiger partial charge in [-0.15, -0.1) is 0 Å². The second kappa shape index (κ2) is 9.13. The standard InChI is InChI=1S/C21H19FN4O4S2/c22-14-8-9-16(15(11-14)19(27)13-5-1-2-6-13)25-20(28)26-21-24-12-18(31-21)32(29,30)17-7-3-4-10-23-17/h3-4,7-13H,1-2,5-6H2,(H2,24,25,26,28). The maximum Gasteiger partial charge on any atom is 0.325 e. The van der Waals surface area contributed by atoms with Crippen LogP contribution in [0.25, 0.3) is 0 Å². The zero-order valence-corrected chi connectivity index (χ0v) is 18.4. The van der Waals surface area contributed by atoms with E-state index in [9.17, 15) is 22.4 Å². The van der Waals surface area contributed by atoms with Gasteiger partial charge in [0.1, 0.15) is 10.0 Å². The van der Waals surface area contributed by atoms with Crippen LogP contribution in [-0.2, 0) is 9.84 Å². The number of carbonyl (C=O) groups excluding carboxylic acids is 2. The maximum atomic E-state index is 13.8. The van der Waals surface area contributed by atoms with Gasteiger partial charge in [0.2, 0.25) is 9.84 Å². The highest BCUT2D eigenvalue weighted by atomic mass is 32.2. The van der Waals surface area contributed by atoms with E-state index in [-0.39, 0.29) is 37.3 Å². The zero-order chi connectivity index (χ0) is 22.7. The molecule has 0 bridgehead atoms. The first-order valence-electron chi connectivity index (χ1n) is 9.88. The molecule has 8 nitrogen and oxygen atoms in total. The van der Waals surface area contributed by atoms with Gasteiger partial charge in [-0.3, -0.25) is 10.1 Å². The number of pyridine rings is 1. The van der Waals surface area contributed by atoms with Gasteiger partial charge in [0.15, 0.2) is 15.9 Å². The summed E-state index contributed by atoms with van der Waals surface area (Å²) < 4.78 is 38.9. The van der Waals surface area contributed by atoms with E-state index >= 15 is 0 Å². The fraction of sp³-hybridized carbons (Fsp3) is 0.238. The molecular weight excluding hydrogens is 455 g/mol. The number of Topliss-reactive ketones (excluding diaryl/α,β-unsaturated/α-hetero) is 1. The van der Waals surface area contributed by atoms with Crippen molar-refractivity contribution in [2.75, 3.05) is 10.6 Å². The van der Waals surface area contributed by atoms with Gasteiger partial charge in [0.25, 0.3) is 0 Å². The molecular formula is C21H19FN4O4S2. The van der Waals surface area contributed by atoms with Gasteiger partial charge >= 0.3 is 6.03 Å². The number of amides is 2. The number of carbonyl (C=O) groups is 2. The Morgan fingerprint density at radius 3 is 2.56 bits per heavy atom. The van der Waals surface area contributed by atoms with Crippen LogP contribution in [0.4, 0.5) is 20.0 Å². The molecule has 2 N–H and O–H groups in total. The molecule has 0 aliphatic heterocycles. The van der Waals surface area contributed by atoms with Crippen molar-refractivity contribution >= 4 is 43.8 Å². The molecule has 1 aromatic carbocycles. The largest absolute Gasteiger partial charge is 0.325 e. The number of anilines is 2. The van der Waals surface area contributed by atoms with Gasteiger partial charge in [-0.1, -0.05) is 30.2 Å². The average Bonchev–Trinajstić information content (AvgIpc) is 3.48. The van der Waals surface area contributed by atoms with Crippen molar-refractivity contribution < 1.29 is 22.4 Å². The molecule has 0 unspecified atom stereocenters. The molecule has 2 aromatic heterocycles. The van der Waals surface area contributed by atoms with E-state index in [2.05, 4.69) is 20.6 Å². The van der Waals surface area contributed by atoms with Gasteiger partial charge in [-0.25, -0.2) is 27.6 Å². The molecule has 4 rings (SSSR count). The molecule has 0 saturated heterocycles. The van der Waals surface area contributed by atoms with Gasteiger partial charge in [0, 0.05) is 17.7 Å². The number of thiazole rings is 1. The Bertz CT molecular complexity index is 1260. The minimum absolute atomic E-state index is 0.0442. The van der Waals surface area contributed by atoms with E-state index in [1.807, 2.05) is 0 Å². The van der Waals surface area contributed by atoms with E-state index in [1.54, 1.807) is 12.1 Å². The number of rotatable bonds is 6. The number of ketones is 1. The molecule has 0 atom stereocenters. The molecule has 2 amide bonds. The summed E-state index contributed by atoms with van der Waals surface area (Å²) in [6.45, 7) is 0. The first-order chi connectivity index (χ1) is 15.3. The van der Waals surface area contributed by atoms with Crippen LogP contribution >= 0.6 is 11.3 Å². The van der Waals surface area contributed by atoms with Crippen LogP contribution < -0.4 is 10.6 Å². The summed E-state index contributed by atoms with van der Waals surface area (Å²) in [4.78, 5) is 33.0. The fourth-order valence-corrected chi connectivity index (χ4v) is 5.87. The molecule has 1 fully saturated rings. The van der Waals surface area contributed by atoms with Crippen LogP contribution in [0.15, 0.2) is 58.0 Å². The highest BCUT2D eigenvalue weighted by Gasteiger charge is 2.27. The minimum Gasteiger partial charge on any atom is -0.307 e. The average molecular weight is 475 g/mol. The van der Waals surface area contributed by atoms with Gasteiger partial charge in [0.05, 0.1) is 11.9 Å². The highest BCUT2D eigenvalue weighted by Crippen LogP contribution is 2.31. The summed E-state index contributed by atoms with van der Waals surface area (Å²) in [6, 6.07) is 7.40. The lowest BCUT2D eigenvalue weighted by molar-refractivity contribution is 0.0923. The van der Waals surface area contributed by atoms with Crippen LogP contribution in [-0.4, -0.2) is 30.2 Å². The Labute approximate surface area is 187 Å². The van der Waals surface area contributed by atoms with Crippen molar-refractivity contribution in [3.8, 4) is 0 Å². The number of hydrogen-bond acceptors (Lipinski definition) is 7. The number of benzene rings is 1. The van der Waals surface area contributed by atoms with Crippen molar-refractivity contribution in [1.29, 1.82) is 0 Å². The molecule has 0 radical (unpaired) electrons. The third-order valence-electron chi connectivity index (χ3n) is 5.10. The second-order valence-corrected chi connectivity index (χ2v) is 10.4. The number of nitrogens with one attached hydrogen (secondary N) is 2. The van der Waals surface area contributed by atoms with Crippen molar-refractivity contribution in [2.45, 2.75) is 34.9 Å². The van der Waals surface area contributed by atoms with E-state index in [0.717, 1.165) is 55.3 Å². The number of sulfone groups is 1. The van der Waals surface area contributed by atoms with Crippen molar-refractivity contribution in [1.82, 2.24) is 9.97 Å². The predicted molar refractivity (Wildman–Crippen MR) is 117 cm³/mol. The van der Waals surface area contributed by atoms with Crippen LogP contribution in [0, 0.1) is 11.7 Å². The number of aromatic nitrogens is 2. The summed E-state index contributed by atoms with van der Waals surface area (Å²) in [5.74, 6) is -0.948. The van der Waals surface area contributed by atoms with Crippen LogP contribution in [0.2, 0.25) is 0 Å². The number of hydrogen-bond donors (Lipinski definition) is 2. The van der Waals surface area contributed by atoms with Crippen molar-refractivity contribution in [3.63, 3.8) is 0 Å². The second-order valence-electron chi connectivity index (χ2n) is 7.27. The lowest BCUT2D eigenvalue weighted by atomic mass is 9.95. The van der Waals surface area contributed by atoms with E-state index in [0.29, 0.717) is 0 Å². The maximum absolute atomic E-state index is 13.8. The molecule has 32 heavy (non-hydrogen) atoms. The third kappa shape index (κ3) is 4.68. The van der Waals surface area contributed by atoms with E-state index < -0.39 is 21.7 Å². The fourth-order valence-electron chi connectivity index (χ4n) is 3.54. The molecule has 1 aliphatic carbocycles. The summed E-state index contributed by atoms with van der Waals surface area (Å²) in [6.07, 6.45) is 5.89. The molecule has 2 heterocycles. The monoisotopic (exact) mass is 474 g/mol. The lowest BCUT2D eigenvalue weighted by Gasteiger charge is -2.14. The van der Waals surface area contributed by atoms with Gasteiger partial charge in [-0.2, -0.15) is 0 Å². The Balaban J connectivity index is 1.49.